The summed E-state index contributed by atoms with van der Waals surface area (Å²) >= 11 is 6.17. The summed E-state index contributed by atoms with van der Waals surface area (Å²) in [7, 11) is 0. The van der Waals surface area contributed by atoms with E-state index in [1.54, 1.807) is 0 Å². The normalized spacial score (nSPS) is 13.4. The third-order valence-corrected chi connectivity index (χ3v) is 2.12. The van der Waals surface area contributed by atoms with Gasteiger partial charge in [-0.05, 0) is 22.4 Å². The van der Waals surface area contributed by atoms with Gasteiger partial charge in [0.1, 0.15) is 0 Å². The molecule has 0 aromatic rings. The number of carbonyl (C=O) groups is 1. The molecule has 0 saturated heterocycles. The van der Waals surface area contributed by atoms with Crippen LogP contribution in [0, 0.1) is 0 Å². The van der Waals surface area contributed by atoms with E-state index in [9.17, 15) is 4.79 Å². The highest BCUT2D eigenvalue weighted by molar-refractivity contribution is 9.18. The van der Waals surface area contributed by atoms with E-state index in [4.69, 9.17) is 0 Å². The molecular formula is C5H8Br2O. The van der Waals surface area contributed by atoms with Crippen molar-refractivity contribution in [2.75, 3.05) is 0 Å². The summed E-state index contributed by atoms with van der Waals surface area (Å²) in [4.78, 5) is 10.6. The number of halogens is 2. The first kappa shape index (κ1) is 8.63. The van der Waals surface area contributed by atoms with E-state index in [-0.39, 0.29) is 4.69 Å². The fourth-order valence-electron chi connectivity index (χ4n) is 0.318. The zero-order chi connectivity index (χ0) is 6.57. The molecule has 3 heteroatoms. The van der Waals surface area contributed by atoms with Gasteiger partial charge in [0.05, 0.1) is 0 Å². The van der Waals surface area contributed by atoms with Gasteiger partial charge in [0.2, 0.25) is 0 Å². The van der Waals surface area contributed by atoms with Crippen LogP contribution in [0.5, 0.6) is 0 Å². The number of hydrogen-bond donors (Lipinski definition) is 0. The Morgan fingerprint density at radius 3 is 2.38 bits per heavy atom. The van der Waals surface area contributed by atoms with Crippen molar-refractivity contribution in [3.63, 3.8) is 0 Å². The van der Waals surface area contributed by atoms with Crippen molar-refractivity contribution in [2.24, 2.45) is 0 Å². The Kier molecular flexibility index (Phi) is 4.86. The summed E-state index contributed by atoms with van der Waals surface area (Å²) in [6, 6.07) is 0. The minimum atomic E-state index is 0.0706. The van der Waals surface area contributed by atoms with E-state index < -0.39 is 0 Å². The summed E-state index contributed by atoms with van der Waals surface area (Å²) in [6.07, 6.45) is 1.58. The average Bonchev–Trinajstić information content (AvgIpc) is 1.65. The molecule has 48 valence electrons. The summed E-state index contributed by atoms with van der Waals surface area (Å²) < 4.78 is 0.0706. The van der Waals surface area contributed by atoms with E-state index in [0.29, 0.717) is 11.2 Å². The van der Waals surface area contributed by atoms with Crippen molar-refractivity contribution in [1.29, 1.82) is 0 Å². The largest absolute Gasteiger partial charge is 0.287 e. The van der Waals surface area contributed by atoms with Gasteiger partial charge in [0.15, 0.2) is 4.69 Å². The van der Waals surface area contributed by atoms with Gasteiger partial charge in [-0.1, -0.05) is 22.9 Å². The number of rotatable bonds is 3. The zero-order valence-electron chi connectivity index (χ0n) is 4.66. The van der Waals surface area contributed by atoms with Gasteiger partial charge in [-0.3, -0.25) is 4.79 Å². The maximum absolute atomic E-state index is 10.3. The minimum absolute atomic E-state index is 0.0706. The molecule has 0 aliphatic heterocycles. The van der Waals surface area contributed by atoms with Crippen molar-refractivity contribution >= 4 is 36.6 Å². The first-order valence-corrected chi connectivity index (χ1v) is 4.20. The van der Waals surface area contributed by atoms with Gasteiger partial charge >= 0.3 is 0 Å². The second-order valence-electron chi connectivity index (χ2n) is 1.56. The Morgan fingerprint density at radius 2 is 2.25 bits per heavy atom. The third kappa shape index (κ3) is 4.78. The molecule has 8 heavy (non-hydrogen) atoms. The fourth-order valence-corrected chi connectivity index (χ4v) is 1.44. The van der Waals surface area contributed by atoms with Crippen LogP contribution in [-0.4, -0.2) is 9.52 Å². The second kappa shape index (κ2) is 4.50. The molecule has 0 saturated carbocycles. The molecule has 0 fully saturated rings. The van der Waals surface area contributed by atoms with Gasteiger partial charge in [-0.15, -0.1) is 0 Å². The van der Waals surface area contributed by atoms with E-state index in [0.717, 1.165) is 6.42 Å². The summed E-state index contributed by atoms with van der Waals surface area (Å²) in [5, 5.41) is 0. The molecule has 0 bridgehead atoms. The van der Waals surface area contributed by atoms with Crippen molar-refractivity contribution < 1.29 is 4.79 Å². The molecule has 0 aromatic heterocycles. The van der Waals surface area contributed by atoms with Crippen LogP contribution in [0.2, 0.25) is 0 Å². The van der Waals surface area contributed by atoms with Crippen LogP contribution in [0.15, 0.2) is 0 Å². The Bertz CT molecular complexity index is 82.5. The number of alkyl halides is 1. The topological polar surface area (TPSA) is 17.1 Å². The van der Waals surface area contributed by atoms with Gasteiger partial charge in [-0.25, -0.2) is 0 Å². The molecule has 0 rings (SSSR count). The molecule has 0 N–H and O–H groups in total. The first-order chi connectivity index (χ1) is 3.66. The van der Waals surface area contributed by atoms with Crippen LogP contribution in [0.25, 0.3) is 0 Å². The second-order valence-corrected chi connectivity index (χ2v) is 3.74. The lowest BCUT2D eigenvalue weighted by Gasteiger charge is -1.98. The smallest absolute Gasteiger partial charge is 0.198 e. The third-order valence-electron chi connectivity index (χ3n) is 0.825. The Balaban J connectivity index is 3.24. The summed E-state index contributed by atoms with van der Waals surface area (Å²) in [5.41, 5.74) is 0. The highest BCUT2D eigenvalue weighted by Crippen LogP contribution is 2.11. The summed E-state index contributed by atoms with van der Waals surface area (Å²) in [6.45, 7) is 2.04. The maximum Gasteiger partial charge on any atom is 0.198 e. The van der Waals surface area contributed by atoms with Crippen LogP contribution < -0.4 is 0 Å². The van der Waals surface area contributed by atoms with E-state index in [2.05, 4.69) is 31.9 Å². The molecule has 1 atom stereocenters. The predicted molar refractivity (Wildman–Crippen MR) is 41.6 cm³/mol. The molecule has 0 spiro atoms. The molecule has 0 aliphatic rings. The van der Waals surface area contributed by atoms with E-state index in [1.807, 2.05) is 6.92 Å². The van der Waals surface area contributed by atoms with Crippen LogP contribution >= 0.6 is 31.9 Å². The lowest BCUT2D eigenvalue weighted by atomic mass is 10.3. The van der Waals surface area contributed by atoms with E-state index in [1.165, 1.54) is 0 Å². The fraction of sp³-hybridized carbons (Fsp3) is 0.800. The quantitative estimate of drug-likeness (QED) is 0.550. The van der Waals surface area contributed by atoms with Gasteiger partial charge in [0.25, 0.3) is 0 Å². The molecule has 1 nitrogen and oxygen atoms in total. The molecule has 0 aliphatic carbocycles. The number of hydrogen-bond acceptors (Lipinski definition) is 1. The van der Waals surface area contributed by atoms with Gasteiger partial charge < -0.3 is 0 Å². The van der Waals surface area contributed by atoms with Gasteiger partial charge in [0, 0.05) is 11.2 Å². The Morgan fingerprint density at radius 1 is 1.75 bits per heavy atom. The molecule has 0 heterocycles. The SMILES string of the molecule is CCC(Br)CC(=O)Br. The predicted octanol–water partition coefficient (Wildman–Crippen LogP) is 2.47. The highest BCUT2D eigenvalue weighted by Gasteiger charge is 2.03. The minimum Gasteiger partial charge on any atom is -0.287 e. The van der Waals surface area contributed by atoms with Crippen LogP contribution in [0.4, 0.5) is 0 Å². The van der Waals surface area contributed by atoms with Crippen molar-refractivity contribution in [3.05, 3.63) is 0 Å². The molecule has 1 unspecified atom stereocenters. The zero-order valence-corrected chi connectivity index (χ0v) is 7.83. The van der Waals surface area contributed by atoms with Crippen LogP contribution in [-0.2, 0) is 4.79 Å². The lowest BCUT2D eigenvalue weighted by Crippen LogP contribution is -1.99. The first-order valence-electron chi connectivity index (χ1n) is 2.49. The average molecular weight is 244 g/mol. The lowest BCUT2D eigenvalue weighted by molar-refractivity contribution is -0.110. The van der Waals surface area contributed by atoms with Crippen molar-refractivity contribution in [1.82, 2.24) is 0 Å². The van der Waals surface area contributed by atoms with Crippen LogP contribution in [0.1, 0.15) is 19.8 Å². The van der Waals surface area contributed by atoms with Gasteiger partial charge in [-0.2, -0.15) is 0 Å². The summed E-state index contributed by atoms with van der Waals surface area (Å²) in [5.74, 6) is 0. The molecule has 0 amide bonds. The maximum atomic E-state index is 10.3. The van der Waals surface area contributed by atoms with Crippen molar-refractivity contribution in [3.8, 4) is 0 Å². The number of carbonyl (C=O) groups excluding carboxylic acids is 1. The highest BCUT2D eigenvalue weighted by atomic mass is 79.9. The standard InChI is InChI=1S/C5H8Br2O/c1-2-4(6)3-5(7)8/h4H,2-3H2,1H3. The Labute approximate surface area is 66.1 Å². The monoisotopic (exact) mass is 242 g/mol. The molecule has 0 radical (unpaired) electrons. The van der Waals surface area contributed by atoms with Crippen LogP contribution in [0.3, 0.4) is 0 Å². The molecular weight excluding hydrogens is 236 g/mol. The van der Waals surface area contributed by atoms with Crippen molar-refractivity contribution in [2.45, 2.75) is 24.6 Å². The molecule has 0 aromatic carbocycles. The Hall–Kier alpha value is 0.630. The van der Waals surface area contributed by atoms with E-state index >= 15 is 0 Å².